The summed E-state index contributed by atoms with van der Waals surface area (Å²) in [5.74, 6) is 1.41. The molecule has 0 saturated carbocycles. The quantitative estimate of drug-likeness (QED) is 0.507. The first-order valence-electron chi connectivity index (χ1n) is 9.04. The minimum atomic E-state index is -0.146. The number of amides is 1. The molecule has 0 bridgehead atoms. The van der Waals surface area contributed by atoms with Crippen molar-refractivity contribution in [2.24, 2.45) is 0 Å². The van der Waals surface area contributed by atoms with E-state index in [0.717, 1.165) is 21.8 Å². The number of nitrogens with one attached hydrogen (secondary N) is 1. The summed E-state index contributed by atoms with van der Waals surface area (Å²) in [5, 5.41) is 13.2. The largest absolute Gasteiger partial charge is 0.495 e. The summed E-state index contributed by atoms with van der Waals surface area (Å²) < 4.78 is 13.1. The van der Waals surface area contributed by atoms with Crippen LogP contribution in [0.5, 0.6) is 5.75 Å². The maximum absolute atomic E-state index is 12.6. The first-order chi connectivity index (χ1) is 14.1. The molecular weight excluding hydrogens is 388 g/mol. The number of methoxy groups -OCH3 is 1. The highest BCUT2D eigenvalue weighted by Crippen LogP contribution is 2.30. The fourth-order valence-electron chi connectivity index (χ4n) is 3.17. The van der Waals surface area contributed by atoms with Crippen LogP contribution in [0.4, 0.5) is 5.69 Å². The lowest BCUT2D eigenvalue weighted by Gasteiger charge is -2.12. The van der Waals surface area contributed by atoms with Crippen LogP contribution in [0.25, 0.3) is 22.2 Å². The summed E-state index contributed by atoms with van der Waals surface area (Å²) in [4.78, 5) is 13.5. The molecule has 1 amide bonds. The molecule has 0 spiro atoms. The van der Waals surface area contributed by atoms with Gasteiger partial charge in [-0.25, -0.2) is 0 Å². The maximum atomic E-state index is 12.6. The van der Waals surface area contributed by atoms with Gasteiger partial charge < -0.3 is 19.0 Å². The first-order valence-corrected chi connectivity index (χ1v) is 9.92. The monoisotopic (exact) mass is 408 g/mol. The Morgan fingerprint density at radius 2 is 1.97 bits per heavy atom. The third kappa shape index (κ3) is 3.79. The SMILES string of the molecule is COc1ccccc1NC(=O)Cn1c(C)cc(-c2nnc(-c3cccs3)o2)c1C. The molecule has 0 fully saturated rings. The van der Waals surface area contributed by atoms with Crippen LogP contribution in [0.3, 0.4) is 0 Å². The Balaban J connectivity index is 1.55. The van der Waals surface area contributed by atoms with Crippen LogP contribution in [-0.4, -0.2) is 27.8 Å². The van der Waals surface area contributed by atoms with E-state index in [1.54, 1.807) is 24.5 Å². The lowest BCUT2D eigenvalue weighted by molar-refractivity contribution is -0.116. The summed E-state index contributed by atoms with van der Waals surface area (Å²) in [7, 11) is 1.58. The van der Waals surface area contributed by atoms with Gasteiger partial charge in [0.15, 0.2) is 0 Å². The van der Waals surface area contributed by atoms with Crippen LogP contribution in [-0.2, 0) is 11.3 Å². The molecule has 29 heavy (non-hydrogen) atoms. The third-order valence-electron chi connectivity index (χ3n) is 4.64. The van der Waals surface area contributed by atoms with Gasteiger partial charge in [0.2, 0.25) is 11.8 Å². The van der Waals surface area contributed by atoms with E-state index in [4.69, 9.17) is 9.15 Å². The normalized spacial score (nSPS) is 10.9. The number of para-hydroxylation sites is 2. The molecule has 0 unspecified atom stereocenters. The van der Waals surface area contributed by atoms with Gasteiger partial charge in [0, 0.05) is 11.4 Å². The molecule has 148 valence electrons. The Hall–Kier alpha value is -3.39. The van der Waals surface area contributed by atoms with Crippen molar-refractivity contribution in [3.63, 3.8) is 0 Å². The molecule has 1 aromatic carbocycles. The second-order valence-electron chi connectivity index (χ2n) is 6.51. The van der Waals surface area contributed by atoms with Crippen LogP contribution in [0, 0.1) is 13.8 Å². The second kappa shape index (κ2) is 7.92. The van der Waals surface area contributed by atoms with Gasteiger partial charge in [-0.15, -0.1) is 21.5 Å². The third-order valence-corrected chi connectivity index (χ3v) is 5.50. The zero-order chi connectivity index (χ0) is 20.4. The molecule has 3 aromatic heterocycles. The molecule has 0 aliphatic rings. The van der Waals surface area contributed by atoms with Gasteiger partial charge in [0.25, 0.3) is 5.89 Å². The van der Waals surface area contributed by atoms with E-state index in [-0.39, 0.29) is 12.5 Å². The lowest BCUT2D eigenvalue weighted by Crippen LogP contribution is -2.20. The molecule has 1 N–H and O–H groups in total. The molecule has 0 aliphatic heterocycles. The fourth-order valence-corrected chi connectivity index (χ4v) is 3.82. The smallest absolute Gasteiger partial charge is 0.258 e. The van der Waals surface area contributed by atoms with E-state index in [9.17, 15) is 4.79 Å². The van der Waals surface area contributed by atoms with Gasteiger partial charge in [-0.1, -0.05) is 18.2 Å². The number of ether oxygens (including phenoxy) is 1. The number of aryl methyl sites for hydroxylation is 1. The minimum Gasteiger partial charge on any atom is -0.495 e. The van der Waals surface area contributed by atoms with E-state index in [1.165, 1.54) is 0 Å². The van der Waals surface area contributed by atoms with Crippen molar-refractivity contribution in [3.05, 3.63) is 59.2 Å². The summed E-state index contributed by atoms with van der Waals surface area (Å²) in [6.07, 6.45) is 0. The Morgan fingerprint density at radius 3 is 2.72 bits per heavy atom. The molecule has 3 heterocycles. The van der Waals surface area contributed by atoms with Gasteiger partial charge in [-0.3, -0.25) is 4.79 Å². The summed E-state index contributed by atoms with van der Waals surface area (Å²) in [6.45, 7) is 4.05. The van der Waals surface area contributed by atoms with Gasteiger partial charge in [-0.05, 0) is 43.5 Å². The summed E-state index contributed by atoms with van der Waals surface area (Å²) >= 11 is 1.54. The second-order valence-corrected chi connectivity index (χ2v) is 7.46. The number of thiophene rings is 1. The Labute approximate surface area is 172 Å². The molecule has 0 radical (unpaired) electrons. The summed E-state index contributed by atoms with van der Waals surface area (Å²) in [6, 6.07) is 13.2. The summed E-state index contributed by atoms with van der Waals surface area (Å²) in [5.41, 5.74) is 3.28. The molecule has 4 aromatic rings. The maximum Gasteiger partial charge on any atom is 0.258 e. The van der Waals surface area contributed by atoms with Gasteiger partial charge in [0.1, 0.15) is 12.3 Å². The number of benzene rings is 1. The van der Waals surface area contributed by atoms with Crippen molar-refractivity contribution in [2.75, 3.05) is 12.4 Å². The fraction of sp³-hybridized carbons (Fsp3) is 0.190. The molecule has 0 saturated heterocycles. The van der Waals surface area contributed by atoms with Crippen LogP contribution in [0.2, 0.25) is 0 Å². The zero-order valence-corrected chi connectivity index (χ0v) is 17.1. The Morgan fingerprint density at radius 1 is 1.17 bits per heavy atom. The topological polar surface area (TPSA) is 82.2 Å². The van der Waals surface area contributed by atoms with E-state index in [2.05, 4.69) is 15.5 Å². The highest BCUT2D eigenvalue weighted by molar-refractivity contribution is 7.13. The lowest BCUT2D eigenvalue weighted by atomic mass is 10.2. The number of anilines is 1. The number of carbonyl (C=O) groups excluding carboxylic acids is 1. The van der Waals surface area contributed by atoms with Crippen LogP contribution in [0.15, 0.2) is 52.3 Å². The van der Waals surface area contributed by atoms with Crippen LogP contribution < -0.4 is 10.1 Å². The highest BCUT2D eigenvalue weighted by atomic mass is 32.1. The average Bonchev–Trinajstić information content (AvgIpc) is 3.45. The number of hydrogen-bond donors (Lipinski definition) is 1. The Kier molecular flexibility index (Phi) is 5.18. The number of nitrogens with zero attached hydrogens (tertiary/aromatic N) is 3. The average molecular weight is 408 g/mol. The van der Waals surface area contributed by atoms with Crippen LogP contribution >= 0.6 is 11.3 Å². The van der Waals surface area contributed by atoms with Gasteiger partial charge in [-0.2, -0.15) is 0 Å². The highest BCUT2D eigenvalue weighted by Gasteiger charge is 2.19. The molecule has 0 aliphatic carbocycles. The Bertz CT molecular complexity index is 1140. The minimum absolute atomic E-state index is 0.146. The van der Waals surface area contributed by atoms with E-state index < -0.39 is 0 Å². The van der Waals surface area contributed by atoms with Crippen molar-refractivity contribution < 1.29 is 13.9 Å². The standard InChI is InChI=1S/C21H20N4O3S/c1-13-11-15(20-23-24-21(28-20)18-9-6-10-29-18)14(2)25(13)12-19(26)22-16-7-4-5-8-17(16)27-3/h4-11H,12H2,1-3H3,(H,22,26). The first kappa shape index (κ1) is 18.9. The van der Waals surface area contributed by atoms with Gasteiger partial charge in [0.05, 0.1) is 23.2 Å². The predicted molar refractivity (Wildman–Crippen MR) is 112 cm³/mol. The molecule has 4 rings (SSSR count). The van der Waals surface area contributed by atoms with Crippen molar-refractivity contribution >= 4 is 22.9 Å². The van der Waals surface area contributed by atoms with Crippen molar-refractivity contribution in [2.45, 2.75) is 20.4 Å². The van der Waals surface area contributed by atoms with E-state index >= 15 is 0 Å². The predicted octanol–water partition coefficient (Wildman–Crippen LogP) is 4.53. The van der Waals surface area contributed by atoms with E-state index in [1.807, 2.05) is 60.2 Å². The number of carbonyl (C=O) groups is 1. The number of rotatable bonds is 6. The molecular formula is C21H20N4O3S. The van der Waals surface area contributed by atoms with Crippen LogP contribution in [0.1, 0.15) is 11.4 Å². The van der Waals surface area contributed by atoms with Crippen molar-refractivity contribution in [1.29, 1.82) is 0 Å². The van der Waals surface area contributed by atoms with E-state index in [0.29, 0.717) is 23.2 Å². The number of aromatic nitrogens is 3. The molecule has 8 heteroatoms. The van der Waals surface area contributed by atoms with Crippen molar-refractivity contribution in [1.82, 2.24) is 14.8 Å². The van der Waals surface area contributed by atoms with Crippen molar-refractivity contribution in [3.8, 4) is 28.0 Å². The molecule has 7 nitrogen and oxygen atoms in total. The molecule has 0 atom stereocenters. The number of hydrogen-bond acceptors (Lipinski definition) is 6. The van der Waals surface area contributed by atoms with Gasteiger partial charge >= 0.3 is 0 Å². The zero-order valence-electron chi connectivity index (χ0n) is 16.3.